The third-order valence-corrected chi connectivity index (χ3v) is 12.0. The van der Waals surface area contributed by atoms with Crippen molar-refractivity contribution in [2.75, 3.05) is 26.4 Å². The Balaban J connectivity index is 0. The van der Waals surface area contributed by atoms with Gasteiger partial charge in [-0.2, -0.15) is 4.40 Å². The molecule has 0 bridgehead atoms. The van der Waals surface area contributed by atoms with Crippen molar-refractivity contribution in [1.29, 1.82) is 0 Å². The topological polar surface area (TPSA) is 171 Å². The van der Waals surface area contributed by atoms with Crippen LogP contribution < -0.4 is 5.14 Å². The molecule has 0 aliphatic carbocycles. The average molecular weight is 981 g/mol. The van der Waals surface area contributed by atoms with Gasteiger partial charge in [-0.3, -0.25) is 9.93 Å². The summed E-state index contributed by atoms with van der Waals surface area (Å²) in [5.74, 6) is -3.24. The third kappa shape index (κ3) is 20.1. The zero-order chi connectivity index (χ0) is 47.1. The monoisotopic (exact) mass is 980 g/mol. The number of hydrogen-bond acceptors (Lipinski definition) is 9. The summed E-state index contributed by atoms with van der Waals surface area (Å²) in [7, 11) is -2.69. The number of hydrogen-bond donors (Lipinski definition) is 5. The number of thioether (sulfide) groups is 2. The fourth-order valence-corrected chi connectivity index (χ4v) is 7.17. The third-order valence-electron chi connectivity index (χ3n) is 7.21. The van der Waals surface area contributed by atoms with Crippen LogP contribution in [0, 0.1) is 23.3 Å². The molecule has 0 saturated carbocycles. The van der Waals surface area contributed by atoms with Crippen molar-refractivity contribution in [1.82, 2.24) is 0 Å². The minimum atomic E-state index is -1.51. The van der Waals surface area contributed by atoms with Gasteiger partial charge in [-0.25, -0.2) is 26.0 Å². The summed E-state index contributed by atoms with van der Waals surface area (Å²) in [6.45, 7) is 18.7. The van der Waals surface area contributed by atoms with Gasteiger partial charge in [0.15, 0.2) is 29.1 Å². The van der Waals surface area contributed by atoms with Crippen molar-refractivity contribution < 1.29 is 72.9 Å². The number of carbonyl (C=O) groups is 1. The van der Waals surface area contributed by atoms with Crippen LogP contribution in [0.25, 0.3) is 0 Å². The van der Waals surface area contributed by atoms with Crippen LogP contribution in [0.15, 0.2) is 87.0 Å². The maximum absolute atomic E-state index is 14.3. The van der Waals surface area contributed by atoms with Crippen LogP contribution in [0.1, 0.15) is 107 Å². The first-order valence-electron chi connectivity index (χ1n) is 19.1. The summed E-state index contributed by atoms with van der Waals surface area (Å²) in [6, 6.07) is 19.6. The van der Waals surface area contributed by atoms with Gasteiger partial charge in [-0.1, -0.05) is 30.3 Å². The Hall–Kier alpha value is -2.55. The number of nitrogens with two attached hydrogens (primary N) is 1. The minimum absolute atomic E-state index is 0. The molecular formula is C44H60F4N2O7S4Ti. The summed E-state index contributed by atoms with van der Waals surface area (Å²) < 4.78 is 81.4. The fraction of sp³-hybridized carbons (Fsp3) is 0.409. The number of aliphatic hydroxyl groups is 4. The van der Waals surface area contributed by atoms with Gasteiger partial charge in [-0.05, 0) is 112 Å². The van der Waals surface area contributed by atoms with Crippen LogP contribution in [0.2, 0.25) is 0 Å². The Kier molecular flexibility index (Phi) is 31.1. The van der Waals surface area contributed by atoms with Crippen molar-refractivity contribution >= 4 is 57.0 Å². The number of nitrogens with zero attached hydrogens (tertiary/aromatic N) is 1. The molecule has 2 atom stereocenters. The molecule has 6 N–H and O–H groups in total. The molecule has 9 nitrogen and oxygen atoms in total. The minimum Gasteiger partial charge on any atom is -0.397 e. The van der Waals surface area contributed by atoms with E-state index in [0.29, 0.717) is 22.6 Å². The standard InChI is InChI=1S/C18H17F2NOS2.C14H8F2OS.C4H11NOS.4C2H6O.Ti/c1-18(2,3)24(22)21-17-11-8-9-14(19)16(20)13(11)10-23-15-7-5-4-6-12(15)17;15-11-6-5-8-10(13(11)16)7-18-12-4-2-1-3-9(12)14(8)17;1-4(2,3)7(5)6;4*1-2-3;/h4-9H,10H2,1-3H3;1-6H,7H2;5H2,1-3H3;4*3H,2H2,1H3;/t24-;;7-;;;;;/m0.0...../s1. The summed E-state index contributed by atoms with van der Waals surface area (Å²) in [5.41, 5.74) is 2.98. The second kappa shape index (κ2) is 31.3. The zero-order valence-electron chi connectivity index (χ0n) is 36.9. The largest absolute Gasteiger partial charge is 0.397 e. The molecule has 6 rings (SSSR count). The number of rotatable bonds is 1. The Morgan fingerprint density at radius 2 is 0.935 bits per heavy atom. The molecule has 2 aliphatic rings. The molecule has 0 unspecified atom stereocenters. The van der Waals surface area contributed by atoms with Gasteiger partial charge in [0.25, 0.3) is 0 Å². The molecule has 0 aromatic heterocycles. The van der Waals surface area contributed by atoms with Gasteiger partial charge in [-0.15, -0.1) is 23.5 Å². The molecule has 18 heteroatoms. The number of fused-ring (bicyclic) bond motifs is 4. The van der Waals surface area contributed by atoms with E-state index in [0.717, 1.165) is 27.5 Å². The summed E-state index contributed by atoms with van der Waals surface area (Å²) in [4.78, 5) is 14.0. The number of ketones is 1. The van der Waals surface area contributed by atoms with Gasteiger partial charge < -0.3 is 20.4 Å². The van der Waals surface area contributed by atoms with Crippen LogP contribution in [-0.4, -0.2) is 76.3 Å². The molecule has 0 radical (unpaired) electrons. The van der Waals surface area contributed by atoms with Gasteiger partial charge in [0.2, 0.25) is 0 Å². The second-order valence-electron chi connectivity index (χ2n) is 14.1. The van der Waals surface area contributed by atoms with E-state index < -0.39 is 50.0 Å². The van der Waals surface area contributed by atoms with Crippen LogP contribution in [0.3, 0.4) is 0 Å². The first-order chi connectivity index (χ1) is 28.6. The number of carbonyl (C=O) groups excluding carboxylic acids is 1. The van der Waals surface area contributed by atoms with E-state index in [-0.39, 0.29) is 81.1 Å². The Bertz CT molecular complexity index is 2060. The fourth-order valence-electron chi connectivity index (χ4n) is 4.38. The Labute approximate surface area is 392 Å². The van der Waals surface area contributed by atoms with Crippen LogP contribution in [-0.2, 0) is 55.2 Å². The molecule has 2 heterocycles. The SMILES string of the molecule is CC(C)(C)[S@@](N)=O.CC(C)(C)[S@](=O)N=C1c2ccccc2SCc2c1ccc(F)c2F.CCO.CCO.CCO.CCO.O=C1c2ccccc2SCc2c1ccc(F)c2F.[Ti]. The zero-order valence-corrected chi connectivity index (χ0v) is 41.7. The number of halogens is 4. The molecule has 0 spiro atoms. The molecule has 62 heavy (non-hydrogen) atoms. The first-order valence-corrected chi connectivity index (χ1v) is 23.4. The quantitative estimate of drug-likeness (QED) is 0.0923. The van der Waals surface area contributed by atoms with Crippen LogP contribution >= 0.6 is 23.5 Å². The van der Waals surface area contributed by atoms with Crippen molar-refractivity contribution in [3.05, 3.63) is 129 Å². The Morgan fingerprint density at radius 3 is 1.32 bits per heavy atom. The van der Waals surface area contributed by atoms with E-state index in [1.54, 1.807) is 39.8 Å². The van der Waals surface area contributed by atoms with E-state index in [1.165, 1.54) is 35.7 Å². The first kappa shape index (κ1) is 61.5. The molecule has 4 aromatic rings. The van der Waals surface area contributed by atoms with Gasteiger partial charge in [0, 0.05) is 103 Å². The molecule has 4 aromatic carbocycles. The van der Waals surface area contributed by atoms with Gasteiger partial charge >= 0.3 is 0 Å². The molecule has 0 amide bonds. The molecule has 0 saturated heterocycles. The average Bonchev–Trinajstić information content (AvgIpc) is 3.44. The number of aliphatic hydroxyl groups excluding tert-OH is 4. The van der Waals surface area contributed by atoms with Crippen molar-refractivity contribution in [2.24, 2.45) is 9.54 Å². The van der Waals surface area contributed by atoms with E-state index in [9.17, 15) is 30.8 Å². The van der Waals surface area contributed by atoms with Crippen LogP contribution in [0.5, 0.6) is 0 Å². The molecule has 344 valence electrons. The van der Waals surface area contributed by atoms with E-state index in [4.69, 9.17) is 25.6 Å². The van der Waals surface area contributed by atoms with Crippen LogP contribution in [0.4, 0.5) is 17.6 Å². The van der Waals surface area contributed by atoms with Gasteiger partial charge in [0.1, 0.15) is 11.0 Å². The number of benzene rings is 4. The molecular weight excluding hydrogens is 921 g/mol. The predicted molar refractivity (Wildman–Crippen MR) is 245 cm³/mol. The summed E-state index contributed by atoms with van der Waals surface area (Å²) >= 11 is 2.78. The van der Waals surface area contributed by atoms with E-state index in [1.807, 2.05) is 77.9 Å². The van der Waals surface area contributed by atoms with E-state index in [2.05, 4.69) is 4.40 Å². The Morgan fingerprint density at radius 1 is 0.597 bits per heavy atom. The maximum atomic E-state index is 14.3. The van der Waals surface area contributed by atoms with Gasteiger partial charge in [0.05, 0.1) is 26.2 Å². The van der Waals surface area contributed by atoms with Crippen molar-refractivity contribution in [2.45, 2.75) is 100 Å². The predicted octanol–water partition coefficient (Wildman–Crippen LogP) is 9.07. The maximum Gasteiger partial charge on any atom is 0.194 e. The molecule has 2 aliphatic heterocycles. The summed E-state index contributed by atoms with van der Waals surface area (Å²) in [5, 5.41) is 35.3. The summed E-state index contributed by atoms with van der Waals surface area (Å²) in [6.07, 6.45) is 0. The smallest absolute Gasteiger partial charge is 0.194 e. The second-order valence-corrected chi connectivity index (χ2v) is 19.9. The van der Waals surface area contributed by atoms with E-state index >= 15 is 0 Å². The van der Waals surface area contributed by atoms with Crippen molar-refractivity contribution in [3.8, 4) is 0 Å². The normalized spacial score (nSPS) is 13.7. The molecule has 0 fully saturated rings. The van der Waals surface area contributed by atoms with Crippen molar-refractivity contribution in [3.63, 3.8) is 0 Å².